The highest BCUT2D eigenvalue weighted by atomic mass is 15.3. The van der Waals surface area contributed by atoms with Crippen molar-refractivity contribution in [1.29, 1.82) is 0 Å². The third-order valence-electron chi connectivity index (χ3n) is 2.16. The zero-order valence-corrected chi connectivity index (χ0v) is 9.95. The normalized spacial score (nSPS) is 11.2. The van der Waals surface area contributed by atoms with Gasteiger partial charge < -0.3 is 10.6 Å². The van der Waals surface area contributed by atoms with E-state index in [1.807, 2.05) is 24.0 Å². The molecule has 0 saturated heterocycles. The molecule has 0 bridgehead atoms. The SMILES string of the molecule is CC(C)NCCCNCc1ccn(C)n1. The minimum absolute atomic E-state index is 0.584. The van der Waals surface area contributed by atoms with Crippen molar-refractivity contribution < 1.29 is 0 Å². The predicted molar refractivity (Wildman–Crippen MR) is 62.7 cm³/mol. The molecule has 86 valence electrons. The highest BCUT2D eigenvalue weighted by molar-refractivity contribution is 4.97. The third kappa shape index (κ3) is 5.54. The van der Waals surface area contributed by atoms with E-state index < -0.39 is 0 Å². The monoisotopic (exact) mass is 210 g/mol. The van der Waals surface area contributed by atoms with Gasteiger partial charge in [-0.25, -0.2) is 0 Å². The van der Waals surface area contributed by atoms with Gasteiger partial charge in [0.25, 0.3) is 0 Å². The molecule has 4 heteroatoms. The Bertz CT molecular complexity index is 267. The lowest BCUT2D eigenvalue weighted by molar-refractivity contribution is 0.544. The van der Waals surface area contributed by atoms with Gasteiger partial charge in [0.2, 0.25) is 0 Å². The zero-order chi connectivity index (χ0) is 11.1. The summed E-state index contributed by atoms with van der Waals surface area (Å²) < 4.78 is 1.83. The number of hydrogen-bond donors (Lipinski definition) is 2. The van der Waals surface area contributed by atoms with Gasteiger partial charge >= 0.3 is 0 Å². The molecule has 1 aromatic heterocycles. The first-order valence-electron chi connectivity index (χ1n) is 5.61. The molecule has 0 aliphatic carbocycles. The van der Waals surface area contributed by atoms with Crippen LogP contribution in [-0.4, -0.2) is 28.9 Å². The van der Waals surface area contributed by atoms with Crippen molar-refractivity contribution in [2.24, 2.45) is 7.05 Å². The fraction of sp³-hybridized carbons (Fsp3) is 0.727. The molecule has 0 aliphatic rings. The van der Waals surface area contributed by atoms with Crippen LogP contribution in [0.4, 0.5) is 0 Å². The largest absolute Gasteiger partial charge is 0.314 e. The molecule has 0 aliphatic heterocycles. The lowest BCUT2D eigenvalue weighted by Gasteiger charge is -2.07. The van der Waals surface area contributed by atoms with Crippen molar-refractivity contribution >= 4 is 0 Å². The average molecular weight is 210 g/mol. The molecule has 1 rings (SSSR count). The lowest BCUT2D eigenvalue weighted by Crippen LogP contribution is -2.26. The fourth-order valence-corrected chi connectivity index (χ4v) is 1.38. The van der Waals surface area contributed by atoms with Crippen LogP contribution in [-0.2, 0) is 13.6 Å². The molecule has 0 atom stereocenters. The fourth-order valence-electron chi connectivity index (χ4n) is 1.38. The summed E-state index contributed by atoms with van der Waals surface area (Å²) in [6.45, 7) is 7.31. The molecule has 0 saturated carbocycles. The molecule has 1 aromatic rings. The Morgan fingerprint density at radius 2 is 2.20 bits per heavy atom. The Morgan fingerprint density at radius 3 is 2.80 bits per heavy atom. The predicted octanol–water partition coefficient (Wildman–Crippen LogP) is 0.898. The third-order valence-corrected chi connectivity index (χ3v) is 2.16. The number of aryl methyl sites for hydroxylation is 1. The van der Waals surface area contributed by atoms with E-state index >= 15 is 0 Å². The van der Waals surface area contributed by atoms with Crippen molar-refractivity contribution in [3.63, 3.8) is 0 Å². The first kappa shape index (κ1) is 12.2. The summed E-state index contributed by atoms with van der Waals surface area (Å²) in [4.78, 5) is 0. The number of rotatable bonds is 7. The topological polar surface area (TPSA) is 41.9 Å². The summed E-state index contributed by atoms with van der Waals surface area (Å²) in [7, 11) is 1.94. The molecular formula is C11H22N4. The van der Waals surface area contributed by atoms with Gasteiger partial charge in [0.05, 0.1) is 5.69 Å². The molecule has 0 radical (unpaired) electrons. The quantitative estimate of drug-likeness (QED) is 0.657. The van der Waals surface area contributed by atoms with E-state index in [1.54, 1.807) is 0 Å². The van der Waals surface area contributed by atoms with Crippen molar-refractivity contribution in [2.75, 3.05) is 13.1 Å². The van der Waals surface area contributed by atoms with E-state index in [-0.39, 0.29) is 0 Å². The Labute approximate surface area is 92.1 Å². The van der Waals surface area contributed by atoms with Crippen LogP contribution < -0.4 is 10.6 Å². The molecule has 0 spiro atoms. The number of hydrogen-bond acceptors (Lipinski definition) is 3. The van der Waals surface area contributed by atoms with E-state index in [0.29, 0.717) is 6.04 Å². The number of nitrogens with one attached hydrogen (secondary N) is 2. The van der Waals surface area contributed by atoms with Gasteiger partial charge in [-0.15, -0.1) is 0 Å². The Balaban J connectivity index is 1.98. The van der Waals surface area contributed by atoms with Crippen LogP contribution in [0.3, 0.4) is 0 Å². The molecule has 0 amide bonds. The van der Waals surface area contributed by atoms with Crippen molar-refractivity contribution in [3.05, 3.63) is 18.0 Å². The Morgan fingerprint density at radius 1 is 1.40 bits per heavy atom. The minimum atomic E-state index is 0.584. The van der Waals surface area contributed by atoms with Crippen LogP contribution in [0.1, 0.15) is 26.0 Å². The molecular weight excluding hydrogens is 188 g/mol. The summed E-state index contributed by atoms with van der Waals surface area (Å²) in [6, 6.07) is 2.63. The van der Waals surface area contributed by atoms with E-state index in [0.717, 1.165) is 31.7 Å². The van der Waals surface area contributed by atoms with E-state index in [9.17, 15) is 0 Å². The summed E-state index contributed by atoms with van der Waals surface area (Å²) in [5.74, 6) is 0. The lowest BCUT2D eigenvalue weighted by atomic mass is 10.3. The first-order chi connectivity index (χ1) is 7.18. The molecule has 1 heterocycles. The second-order valence-electron chi connectivity index (χ2n) is 4.12. The van der Waals surface area contributed by atoms with Crippen LogP contribution in [0.25, 0.3) is 0 Å². The molecule has 0 fully saturated rings. The molecule has 2 N–H and O–H groups in total. The summed E-state index contributed by atoms with van der Waals surface area (Å²) in [5, 5.41) is 11.1. The maximum Gasteiger partial charge on any atom is 0.0762 e. The smallest absolute Gasteiger partial charge is 0.0762 e. The first-order valence-corrected chi connectivity index (χ1v) is 5.61. The Kier molecular flexibility index (Phi) is 5.36. The number of aromatic nitrogens is 2. The summed E-state index contributed by atoms with van der Waals surface area (Å²) in [5.41, 5.74) is 1.11. The maximum atomic E-state index is 4.30. The second kappa shape index (κ2) is 6.58. The highest BCUT2D eigenvalue weighted by Gasteiger charge is 1.96. The van der Waals surface area contributed by atoms with Gasteiger partial charge in [0.15, 0.2) is 0 Å². The van der Waals surface area contributed by atoms with Gasteiger partial charge in [-0.2, -0.15) is 5.10 Å². The molecule has 15 heavy (non-hydrogen) atoms. The molecule has 0 aromatic carbocycles. The van der Waals surface area contributed by atoms with E-state index in [2.05, 4.69) is 29.6 Å². The highest BCUT2D eigenvalue weighted by Crippen LogP contribution is 1.92. The van der Waals surface area contributed by atoms with Gasteiger partial charge in [0.1, 0.15) is 0 Å². The minimum Gasteiger partial charge on any atom is -0.314 e. The molecule has 4 nitrogen and oxygen atoms in total. The summed E-state index contributed by atoms with van der Waals surface area (Å²) >= 11 is 0. The summed E-state index contributed by atoms with van der Waals surface area (Å²) in [6.07, 6.45) is 3.13. The van der Waals surface area contributed by atoms with E-state index in [1.165, 1.54) is 0 Å². The van der Waals surface area contributed by atoms with E-state index in [4.69, 9.17) is 0 Å². The van der Waals surface area contributed by atoms with Gasteiger partial charge in [0, 0.05) is 25.8 Å². The number of nitrogens with zero attached hydrogens (tertiary/aromatic N) is 2. The van der Waals surface area contributed by atoms with Crippen molar-refractivity contribution in [1.82, 2.24) is 20.4 Å². The molecule has 0 unspecified atom stereocenters. The average Bonchev–Trinajstić information content (AvgIpc) is 2.57. The van der Waals surface area contributed by atoms with Gasteiger partial charge in [-0.3, -0.25) is 4.68 Å². The van der Waals surface area contributed by atoms with Crippen molar-refractivity contribution in [2.45, 2.75) is 32.9 Å². The van der Waals surface area contributed by atoms with Crippen LogP contribution in [0, 0.1) is 0 Å². The van der Waals surface area contributed by atoms with Gasteiger partial charge in [-0.05, 0) is 25.6 Å². The second-order valence-corrected chi connectivity index (χ2v) is 4.12. The zero-order valence-electron chi connectivity index (χ0n) is 9.95. The van der Waals surface area contributed by atoms with Crippen LogP contribution in [0.5, 0.6) is 0 Å². The van der Waals surface area contributed by atoms with Crippen LogP contribution >= 0.6 is 0 Å². The Hall–Kier alpha value is -0.870. The van der Waals surface area contributed by atoms with Gasteiger partial charge in [-0.1, -0.05) is 13.8 Å². The standard InChI is InChI=1S/C11H22N4/c1-10(2)13-7-4-6-12-9-11-5-8-15(3)14-11/h5,8,10,12-13H,4,6-7,9H2,1-3H3. The van der Waals surface area contributed by atoms with Crippen LogP contribution in [0.15, 0.2) is 12.3 Å². The maximum absolute atomic E-state index is 4.30. The van der Waals surface area contributed by atoms with Crippen LogP contribution in [0.2, 0.25) is 0 Å². The van der Waals surface area contributed by atoms with Crippen molar-refractivity contribution in [3.8, 4) is 0 Å².